The molecule has 1 aromatic rings. The average molecular weight is 286 g/mol. The highest BCUT2D eigenvalue weighted by Crippen LogP contribution is 2.28. The van der Waals surface area contributed by atoms with E-state index in [1.807, 2.05) is 0 Å². The first-order valence-electron chi connectivity index (χ1n) is 6.76. The van der Waals surface area contributed by atoms with Gasteiger partial charge in [-0.25, -0.2) is 13.1 Å². The molecule has 0 aromatic carbocycles. The highest BCUT2D eigenvalue weighted by molar-refractivity contribution is 7.89. The topological polar surface area (TPSA) is 71.3 Å². The third-order valence-electron chi connectivity index (χ3n) is 3.01. The lowest BCUT2D eigenvalue weighted by atomic mass is 10.2. The highest BCUT2D eigenvalue weighted by atomic mass is 32.2. The summed E-state index contributed by atoms with van der Waals surface area (Å²) >= 11 is 0. The Morgan fingerprint density at radius 3 is 2.74 bits per heavy atom. The van der Waals surface area contributed by atoms with Crippen molar-refractivity contribution in [3.63, 3.8) is 0 Å². The lowest BCUT2D eigenvalue weighted by Gasteiger charge is -2.05. The van der Waals surface area contributed by atoms with Gasteiger partial charge in [0.05, 0.1) is 6.54 Å². The van der Waals surface area contributed by atoms with E-state index in [2.05, 4.69) is 23.9 Å². The molecule has 1 heterocycles. The fraction of sp³-hybridized carbons (Fsp3) is 0.692. The van der Waals surface area contributed by atoms with Gasteiger partial charge in [0.25, 0.3) is 10.0 Å². The molecule has 1 saturated carbocycles. The van der Waals surface area contributed by atoms with Crippen LogP contribution in [-0.4, -0.2) is 21.5 Å². The minimum atomic E-state index is -3.48. The van der Waals surface area contributed by atoms with Gasteiger partial charge in [0.2, 0.25) is 5.09 Å². The fourth-order valence-electron chi connectivity index (χ4n) is 1.70. The lowest BCUT2D eigenvalue weighted by molar-refractivity contribution is 0.394. The van der Waals surface area contributed by atoms with Crippen LogP contribution in [0.2, 0.25) is 0 Å². The van der Waals surface area contributed by atoms with E-state index < -0.39 is 10.0 Å². The molecule has 0 atom stereocenters. The lowest BCUT2D eigenvalue weighted by Crippen LogP contribution is -2.25. The van der Waals surface area contributed by atoms with Gasteiger partial charge in [-0.3, -0.25) is 0 Å². The standard InChI is InChI=1S/C13H22N2O3S/c1-10(2)7-14-9-12-5-6-13(18-12)19(16,17)15-8-11-3-4-11/h5-6,10-11,14-15H,3-4,7-9H2,1-2H3. The maximum atomic E-state index is 11.9. The van der Waals surface area contributed by atoms with Crippen molar-refractivity contribution < 1.29 is 12.8 Å². The molecule has 0 spiro atoms. The summed E-state index contributed by atoms with van der Waals surface area (Å²) in [6.07, 6.45) is 2.23. The Morgan fingerprint density at radius 1 is 1.37 bits per heavy atom. The number of hydrogen-bond donors (Lipinski definition) is 2. The van der Waals surface area contributed by atoms with Crippen LogP contribution in [0.3, 0.4) is 0 Å². The van der Waals surface area contributed by atoms with Crippen molar-refractivity contribution >= 4 is 10.0 Å². The summed E-state index contributed by atoms with van der Waals surface area (Å²) in [4.78, 5) is 0. The number of hydrogen-bond acceptors (Lipinski definition) is 4. The SMILES string of the molecule is CC(C)CNCc1ccc(S(=O)(=O)NCC2CC2)o1. The van der Waals surface area contributed by atoms with Gasteiger partial charge in [0, 0.05) is 6.54 Å². The molecule has 2 rings (SSSR count). The summed E-state index contributed by atoms with van der Waals surface area (Å²) in [7, 11) is -3.48. The third kappa shape index (κ3) is 4.63. The van der Waals surface area contributed by atoms with Crippen LogP contribution in [0, 0.1) is 11.8 Å². The van der Waals surface area contributed by atoms with Crippen LogP contribution in [0.25, 0.3) is 0 Å². The van der Waals surface area contributed by atoms with E-state index in [0.29, 0.717) is 30.7 Å². The number of sulfonamides is 1. The molecule has 108 valence electrons. The van der Waals surface area contributed by atoms with Crippen LogP contribution in [0.5, 0.6) is 0 Å². The minimum Gasteiger partial charge on any atom is -0.447 e. The van der Waals surface area contributed by atoms with E-state index in [-0.39, 0.29) is 5.09 Å². The van der Waals surface area contributed by atoms with Crippen LogP contribution in [0.4, 0.5) is 0 Å². The molecule has 0 bridgehead atoms. The smallest absolute Gasteiger partial charge is 0.273 e. The van der Waals surface area contributed by atoms with Crippen molar-refractivity contribution in [2.75, 3.05) is 13.1 Å². The van der Waals surface area contributed by atoms with Crippen molar-refractivity contribution in [1.82, 2.24) is 10.0 Å². The molecule has 2 N–H and O–H groups in total. The molecule has 0 amide bonds. The van der Waals surface area contributed by atoms with E-state index in [0.717, 1.165) is 19.4 Å². The average Bonchev–Trinajstić information content (AvgIpc) is 3.04. The normalized spacial score (nSPS) is 16.2. The molecule has 0 aliphatic heterocycles. The molecule has 0 radical (unpaired) electrons. The molecule has 5 nitrogen and oxygen atoms in total. The zero-order valence-electron chi connectivity index (χ0n) is 11.5. The molecule has 1 aliphatic carbocycles. The van der Waals surface area contributed by atoms with Crippen LogP contribution in [0.15, 0.2) is 21.6 Å². The predicted octanol–water partition coefficient (Wildman–Crippen LogP) is 1.71. The van der Waals surface area contributed by atoms with Crippen LogP contribution in [-0.2, 0) is 16.6 Å². The third-order valence-corrected chi connectivity index (χ3v) is 4.31. The molecule has 0 unspecified atom stereocenters. The molecule has 6 heteroatoms. The monoisotopic (exact) mass is 286 g/mol. The Hall–Kier alpha value is -0.850. The molecular formula is C13H22N2O3S. The van der Waals surface area contributed by atoms with Gasteiger partial charge in [0.15, 0.2) is 0 Å². The summed E-state index contributed by atoms with van der Waals surface area (Å²) in [5.41, 5.74) is 0. The van der Waals surface area contributed by atoms with Crippen LogP contribution < -0.4 is 10.0 Å². The molecule has 19 heavy (non-hydrogen) atoms. The first kappa shape index (κ1) is 14.6. The van der Waals surface area contributed by atoms with E-state index in [9.17, 15) is 8.42 Å². The molecule has 1 aliphatic rings. The Kier molecular flexibility index (Phi) is 4.65. The maximum absolute atomic E-state index is 11.9. The Morgan fingerprint density at radius 2 is 2.11 bits per heavy atom. The van der Waals surface area contributed by atoms with Gasteiger partial charge in [-0.1, -0.05) is 13.8 Å². The first-order valence-corrected chi connectivity index (χ1v) is 8.25. The molecule has 1 fully saturated rings. The number of rotatable bonds is 8. The highest BCUT2D eigenvalue weighted by Gasteiger charge is 2.25. The zero-order valence-corrected chi connectivity index (χ0v) is 12.3. The van der Waals surface area contributed by atoms with Gasteiger partial charge in [0.1, 0.15) is 5.76 Å². The minimum absolute atomic E-state index is 0.00879. The Labute approximate surface area is 114 Å². The number of furan rings is 1. The fourth-order valence-corrected chi connectivity index (χ4v) is 2.76. The molecule has 1 aromatic heterocycles. The second-order valence-corrected chi connectivity index (χ2v) is 7.24. The summed E-state index contributed by atoms with van der Waals surface area (Å²) in [6, 6.07) is 3.22. The first-order chi connectivity index (χ1) is 8.97. The predicted molar refractivity (Wildman–Crippen MR) is 73.2 cm³/mol. The van der Waals surface area contributed by atoms with E-state index in [1.165, 1.54) is 6.07 Å². The second kappa shape index (κ2) is 6.07. The van der Waals surface area contributed by atoms with Crippen molar-refractivity contribution in [3.8, 4) is 0 Å². The number of nitrogens with one attached hydrogen (secondary N) is 2. The summed E-state index contributed by atoms with van der Waals surface area (Å²) < 4.78 is 31.8. The van der Waals surface area contributed by atoms with Gasteiger partial charge < -0.3 is 9.73 Å². The van der Waals surface area contributed by atoms with E-state index >= 15 is 0 Å². The van der Waals surface area contributed by atoms with Gasteiger partial charge in [-0.15, -0.1) is 0 Å². The zero-order chi connectivity index (χ0) is 13.9. The van der Waals surface area contributed by atoms with Crippen LogP contribution in [0.1, 0.15) is 32.4 Å². The van der Waals surface area contributed by atoms with E-state index in [4.69, 9.17) is 4.42 Å². The molecular weight excluding hydrogens is 264 g/mol. The van der Waals surface area contributed by atoms with Crippen LogP contribution >= 0.6 is 0 Å². The van der Waals surface area contributed by atoms with E-state index in [1.54, 1.807) is 6.07 Å². The van der Waals surface area contributed by atoms with Crippen molar-refractivity contribution in [1.29, 1.82) is 0 Å². The quantitative estimate of drug-likeness (QED) is 0.763. The van der Waals surface area contributed by atoms with Gasteiger partial charge >= 0.3 is 0 Å². The van der Waals surface area contributed by atoms with Gasteiger partial charge in [-0.2, -0.15) is 0 Å². The summed E-state index contributed by atoms with van der Waals surface area (Å²) in [5, 5.41) is 3.23. The Bertz CT molecular complexity index is 504. The Balaban J connectivity index is 1.87. The van der Waals surface area contributed by atoms with Crippen molar-refractivity contribution in [2.24, 2.45) is 11.8 Å². The van der Waals surface area contributed by atoms with Crippen molar-refractivity contribution in [3.05, 3.63) is 17.9 Å². The van der Waals surface area contributed by atoms with Gasteiger partial charge in [-0.05, 0) is 43.4 Å². The molecule has 0 saturated heterocycles. The maximum Gasteiger partial charge on any atom is 0.273 e. The summed E-state index contributed by atoms with van der Waals surface area (Å²) in [6.45, 7) is 6.18. The largest absolute Gasteiger partial charge is 0.447 e. The van der Waals surface area contributed by atoms with Crippen molar-refractivity contribution in [2.45, 2.75) is 38.3 Å². The summed E-state index contributed by atoms with van der Waals surface area (Å²) in [5.74, 6) is 1.71. The second-order valence-electron chi connectivity index (χ2n) is 5.54.